The van der Waals surface area contributed by atoms with Crippen molar-refractivity contribution in [2.24, 2.45) is 11.8 Å². The molecule has 1 aliphatic heterocycles. The molecule has 2 saturated carbocycles. The van der Waals surface area contributed by atoms with Crippen LogP contribution in [0.3, 0.4) is 0 Å². The van der Waals surface area contributed by atoms with Crippen LogP contribution < -0.4 is 10.2 Å². The van der Waals surface area contributed by atoms with Gasteiger partial charge >= 0.3 is 6.09 Å². The van der Waals surface area contributed by atoms with Gasteiger partial charge in [-0.15, -0.1) is 0 Å². The molecular formula is C21H31N2O2+. The van der Waals surface area contributed by atoms with Gasteiger partial charge < -0.3 is 9.64 Å². The summed E-state index contributed by atoms with van der Waals surface area (Å²) in [5.74, 6) is 1.13. The molecule has 2 aliphatic carbocycles. The van der Waals surface area contributed by atoms with Crippen LogP contribution >= 0.6 is 0 Å². The number of para-hydroxylation sites is 1. The van der Waals surface area contributed by atoms with Crippen LogP contribution in [-0.4, -0.2) is 31.3 Å². The molecule has 136 valence electrons. The summed E-state index contributed by atoms with van der Waals surface area (Å²) in [5.41, 5.74) is 0.812. The first-order chi connectivity index (χ1) is 12.3. The topological polar surface area (TPSA) is 42.8 Å². The molecule has 2 bridgehead atoms. The van der Waals surface area contributed by atoms with E-state index in [0.717, 1.165) is 5.69 Å². The molecule has 4 atom stereocenters. The number of piperidine rings is 1. The second kappa shape index (κ2) is 7.77. The highest BCUT2D eigenvalue weighted by atomic mass is 16.6. The summed E-state index contributed by atoms with van der Waals surface area (Å²) >= 11 is 0. The van der Waals surface area contributed by atoms with E-state index >= 15 is 0 Å². The third-order valence-corrected chi connectivity index (χ3v) is 6.65. The Morgan fingerprint density at radius 1 is 0.960 bits per heavy atom. The van der Waals surface area contributed by atoms with Crippen LogP contribution in [0.25, 0.3) is 0 Å². The molecule has 4 rings (SSSR count). The van der Waals surface area contributed by atoms with Crippen LogP contribution in [0.5, 0.6) is 0 Å². The maximum absolute atomic E-state index is 12.5. The standard InChI is InChI=1S/C21H30N2O2/c24-21(22-17-9-3-1-4-10-17)25-20-16-8-7-11-18(20)19(13-12-16)23-14-5-2-6-15-23/h1,3-4,9-10,16,18-20H,2,5-8,11-15H2,(H,22,24)/p+1/t16-,18+,19+,20-/m0/s1. The van der Waals surface area contributed by atoms with E-state index < -0.39 is 0 Å². The highest BCUT2D eigenvalue weighted by molar-refractivity contribution is 5.84. The van der Waals surface area contributed by atoms with Gasteiger partial charge in [0.15, 0.2) is 0 Å². The quantitative estimate of drug-likeness (QED) is 0.885. The van der Waals surface area contributed by atoms with Crippen LogP contribution in [0.4, 0.5) is 10.5 Å². The van der Waals surface area contributed by atoms with E-state index in [4.69, 9.17) is 4.74 Å². The lowest BCUT2D eigenvalue weighted by molar-refractivity contribution is -0.936. The van der Waals surface area contributed by atoms with Gasteiger partial charge in [0, 0.05) is 18.0 Å². The minimum absolute atomic E-state index is 0.116. The average Bonchev–Trinajstić information content (AvgIpc) is 2.63. The maximum Gasteiger partial charge on any atom is 0.411 e. The first-order valence-corrected chi connectivity index (χ1v) is 10.2. The van der Waals surface area contributed by atoms with Crippen LogP contribution in [0.1, 0.15) is 51.4 Å². The van der Waals surface area contributed by atoms with Gasteiger partial charge in [0.25, 0.3) is 0 Å². The summed E-state index contributed by atoms with van der Waals surface area (Å²) in [6.45, 7) is 2.63. The van der Waals surface area contributed by atoms with Crippen molar-refractivity contribution in [3.05, 3.63) is 30.3 Å². The van der Waals surface area contributed by atoms with Crippen LogP contribution in [0, 0.1) is 11.8 Å². The smallest absolute Gasteiger partial charge is 0.411 e. The normalized spacial score (nSPS) is 32.8. The lowest BCUT2D eigenvalue weighted by Crippen LogP contribution is -3.17. The molecule has 2 N–H and O–H groups in total. The van der Waals surface area contributed by atoms with Crippen LogP contribution in [0.2, 0.25) is 0 Å². The van der Waals surface area contributed by atoms with E-state index in [1.165, 1.54) is 64.5 Å². The predicted octanol–water partition coefficient (Wildman–Crippen LogP) is 3.25. The number of carbonyl (C=O) groups is 1. The van der Waals surface area contributed by atoms with Crippen molar-refractivity contribution in [3.63, 3.8) is 0 Å². The van der Waals surface area contributed by atoms with Gasteiger partial charge in [-0.3, -0.25) is 5.32 Å². The van der Waals surface area contributed by atoms with Gasteiger partial charge in [0.05, 0.1) is 19.1 Å². The molecule has 0 spiro atoms. The van der Waals surface area contributed by atoms with Gasteiger partial charge in [0.1, 0.15) is 6.10 Å². The zero-order chi connectivity index (χ0) is 17.1. The number of anilines is 1. The predicted molar refractivity (Wildman–Crippen MR) is 98.7 cm³/mol. The molecule has 0 aromatic heterocycles. The Hall–Kier alpha value is -1.55. The zero-order valence-corrected chi connectivity index (χ0v) is 15.1. The van der Waals surface area contributed by atoms with Crippen molar-refractivity contribution in [3.8, 4) is 0 Å². The highest BCUT2D eigenvalue weighted by Crippen LogP contribution is 2.41. The monoisotopic (exact) mass is 343 g/mol. The van der Waals surface area contributed by atoms with Crippen LogP contribution in [0.15, 0.2) is 30.3 Å². The second-order valence-corrected chi connectivity index (χ2v) is 8.12. The number of hydrogen-bond acceptors (Lipinski definition) is 2. The molecule has 4 heteroatoms. The summed E-state index contributed by atoms with van der Waals surface area (Å²) in [7, 11) is 0. The number of hydrogen-bond donors (Lipinski definition) is 2. The van der Waals surface area contributed by atoms with E-state index in [1.54, 1.807) is 4.90 Å². The Bertz CT molecular complexity index is 571. The number of nitrogens with one attached hydrogen (secondary N) is 2. The summed E-state index contributed by atoms with van der Waals surface area (Å²) < 4.78 is 6.02. The molecular weight excluding hydrogens is 312 g/mol. The van der Waals surface area contributed by atoms with E-state index in [1.807, 2.05) is 30.3 Å². The molecule has 25 heavy (non-hydrogen) atoms. The van der Waals surface area contributed by atoms with Crippen molar-refractivity contribution in [2.75, 3.05) is 18.4 Å². The first kappa shape index (κ1) is 16.9. The number of fused-ring (bicyclic) bond motifs is 2. The van der Waals surface area contributed by atoms with E-state index in [-0.39, 0.29) is 12.2 Å². The summed E-state index contributed by atoms with van der Waals surface area (Å²) in [6.07, 6.45) is 10.3. The van der Waals surface area contributed by atoms with E-state index in [0.29, 0.717) is 17.9 Å². The van der Waals surface area contributed by atoms with Crippen molar-refractivity contribution in [1.82, 2.24) is 0 Å². The Morgan fingerprint density at radius 3 is 2.56 bits per heavy atom. The molecule has 4 nitrogen and oxygen atoms in total. The van der Waals surface area contributed by atoms with Crippen molar-refractivity contribution >= 4 is 11.8 Å². The third kappa shape index (κ3) is 3.84. The minimum atomic E-state index is -0.276. The molecule has 3 aliphatic rings. The summed E-state index contributed by atoms with van der Waals surface area (Å²) in [6, 6.07) is 10.3. The van der Waals surface area contributed by atoms with Gasteiger partial charge in [-0.2, -0.15) is 0 Å². The fourth-order valence-corrected chi connectivity index (χ4v) is 5.50. The number of quaternary nitrogens is 1. The van der Waals surface area contributed by atoms with Gasteiger partial charge in [-0.05, 0) is 56.6 Å². The number of carbonyl (C=O) groups excluding carboxylic acids is 1. The van der Waals surface area contributed by atoms with Gasteiger partial charge in [0.2, 0.25) is 0 Å². The largest absolute Gasteiger partial charge is 0.445 e. The molecule has 0 unspecified atom stereocenters. The second-order valence-electron chi connectivity index (χ2n) is 8.12. The average molecular weight is 343 g/mol. The Balaban J connectivity index is 1.42. The first-order valence-electron chi connectivity index (χ1n) is 10.2. The van der Waals surface area contributed by atoms with Crippen LogP contribution in [-0.2, 0) is 4.74 Å². The number of ether oxygens (including phenoxy) is 1. The fraction of sp³-hybridized carbons (Fsp3) is 0.667. The molecule has 0 radical (unpaired) electrons. The zero-order valence-electron chi connectivity index (χ0n) is 15.1. The molecule has 1 aromatic carbocycles. The number of rotatable bonds is 3. The van der Waals surface area contributed by atoms with Crippen molar-refractivity contribution in [1.29, 1.82) is 0 Å². The minimum Gasteiger partial charge on any atom is -0.445 e. The summed E-state index contributed by atoms with van der Waals surface area (Å²) in [4.78, 5) is 14.2. The number of benzene rings is 1. The molecule has 1 saturated heterocycles. The Morgan fingerprint density at radius 2 is 1.76 bits per heavy atom. The number of amides is 1. The van der Waals surface area contributed by atoms with Gasteiger partial charge in [-0.25, -0.2) is 4.79 Å². The number of likely N-dealkylation sites (tertiary alicyclic amines) is 1. The van der Waals surface area contributed by atoms with E-state index in [9.17, 15) is 4.79 Å². The SMILES string of the molecule is O=C(Nc1ccccc1)O[C@H]1[C@H]2CCC[C@@H]1[C@H]([NH+]1CCCCC1)CC2. The molecule has 3 fully saturated rings. The van der Waals surface area contributed by atoms with Crippen molar-refractivity contribution < 1.29 is 14.4 Å². The lowest BCUT2D eigenvalue weighted by atomic mass is 9.67. The maximum atomic E-state index is 12.5. The van der Waals surface area contributed by atoms with E-state index in [2.05, 4.69) is 5.32 Å². The van der Waals surface area contributed by atoms with Crippen molar-refractivity contribution in [2.45, 2.75) is 63.5 Å². The fourth-order valence-electron chi connectivity index (χ4n) is 5.50. The molecule has 1 amide bonds. The highest BCUT2D eigenvalue weighted by Gasteiger charge is 2.48. The Kier molecular flexibility index (Phi) is 5.25. The summed E-state index contributed by atoms with van der Waals surface area (Å²) in [5, 5.41) is 2.90. The molecule has 1 aromatic rings. The lowest BCUT2D eigenvalue weighted by Gasteiger charge is -2.48. The van der Waals surface area contributed by atoms with Gasteiger partial charge in [-0.1, -0.05) is 24.6 Å². The molecule has 1 heterocycles. The third-order valence-electron chi connectivity index (χ3n) is 6.65. The Labute approximate surface area is 150 Å².